The zero-order valence-corrected chi connectivity index (χ0v) is 19.7. The monoisotopic (exact) mass is 453 g/mol. The van der Waals surface area contributed by atoms with Crippen LogP contribution in [-0.4, -0.2) is 54.6 Å². The van der Waals surface area contributed by atoms with Crippen LogP contribution in [0.1, 0.15) is 45.1 Å². The van der Waals surface area contributed by atoms with E-state index in [1.807, 2.05) is 42.2 Å². The molecule has 0 bridgehead atoms. The van der Waals surface area contributed by atoms with Crippen LogP contribution in [0, 0.1) is 5.41 Å². The minimum Gasteiger partial charge on any atom is -0.494 e. The number of carbonyl (C=O) groups is 2. The van der Waals surface area contributed by atoms with Crippen molar-refractivity contribution in [3.05, 3.63) is 54.2 Å². The van der Waals surface area contributed by atoms with Gasteiger partial charge in [0, 0.05) is 32.8 Å². The van der Waals surface area contributed by atoms with Crippen LogP contribution in [0.4, 0.5) is 5.82 Å². The number of esters is 1. The van der Waals surface area contributed by atoms with Crippen molar-refractivity contribution < 1.29 is 19.1 Å². The minimum atomic E-state index is -0.183. The molecule has 33 heavy (non-hydrogen) atoms. The lowest BCUT2D eigenvalue weighted by atomic mass is 9.71. The van der Waals surface area contributed by atoms with Gasteiger partial charge in [-0.2, -0.15) is 0 Å². The average Bonchev–Trinajstić information content (AvgIpc) is 2.81. The Balaban J connectivity index is 1.50. The van der Waals surface area contributed by atoms with E-state index < -0.39 is 0 Å². The topological polar surface area (TPSA) is 80.8 Å². The highest BCUT2D eigenvalue weighted by molar-refractivity contribution is 5.73. The maximum absolute atomic E-state index is 12.3. The van der Waals surface area contributed by atoms with Crippen molar-refractivity contribution in [2.45, 2.75) is 46.0 Å². The van der Waals surface area contributed by atoms with Gasteiger partial charge in [-0.1, -0.05) is 18.2 Å². The van der Waals surface area contributed by atoms with Gasteiger partial charge in [0.15, 0.2) is 0 Å². The SMILES string of the molecule is CCOC(=O)CC1(Cc2ccc(OCCCNc3ccccn3)cc2)CCN(C(C)=O)CC1. The molecule has 0 saturated carbocycles. The quantitative estimate of drug-likeness (QED) is 0.408. The van der Waals surface area contributed by atoms with Crippen LogP contribution in [0.15, 0.2) is 48.7 Å². The molecule has 0 radical (unpaired) electrons. The van der Waals surface area contributed by atoms with Gasteiger partial charge in [-0.25, -0.2) is 4.98 Å². The Morgan fingerprint density at radius 1 is 1.12 bits per heavy atom. The summed E-state index contributed by atoms with van der Waals surface area (Å²) < 4.78 is 11.1. The molecule has 1 aliphatic rings. The number of carbonyl (C=O) groups excluding carboxylic acids is 2. The molecular weight excluding hydrogens is 418 g/mol. The second-order valence-corrected chi connectivity index (χ2v) is 8.65. The summed E-state index contributed by atoms with van der Waals surface area (Å²) in [6.45, 7) is 6.60. The van der Waals surface area contributed by atoms with Crippen molar-refractivity contribution in [1.82, 2.24) is 9.88 Å². The van der Waals surface area contributed by atoms with Crippen molar-refractivity contribution in [2.75, 3.05) is 38.2 Å². The molecule has 1 aromatic carbocycles. The van der Waals surface area contributed by atoms with E-state index in [0.717, 1.165) is 43.8 Å². The van der Waals surface area contributed by atoms with Gasteiger partial charge < -0.3 is 19.7 Å². The Kier molecular flexibility index (Phi) is 9.10. The number of piperidine rings is 1. The van der Waals surface area contributed by atoms with E-state index in [4.69, 9.17) is 9.47 Å². The molecule has 0 spiro atoms. The molecule has 1 N–H and O–H groups in total. The van der Waals surface area contributed by atoms with Crippen LogP contribution in [0.25, 0.3) is 0 Å². The Morgan fingerprint density at radius 3 is 2.52 bits per heavy atom. The molecule has 7 heteroatoms. The van der Waals surface area contributed by atoms with Crippen LogP contribution >= 0.6 is 0 Å². The van der Waals surface area contributed by atoms with Crippen LogP contribution in [0.5, 0.6) is 5.75 Å². The second-order valence-electron chi connectivity index (χ2n) is 8.65. The maximum Gasteiger partial charge on any atom is 0.306 e. The van der Waals surface area contributed by atoms with Crippen LogP contribution in [0.3, 0.4) is 0 Å². The molecule has 178 valence electrons. The number of rotatable bonds is 11. The molecule has 7 nitrogen and oxygen atoms in total. The van der Waals surface area contributed by atoms with Gasteiger partial charge in [0.25, 0.3) is 0 Å². The van der Waals surface area contributed by atoms with E-state index in [1.165, 1.54) is 5.56 Å². The third-order valence-electron chi connectivity index (χ3n) is 6.16. The molecule has 2 heterocycles. The van der Waals surface area contributed by atoms with Crippen LogP contribution in [-0.2, 0) is 20.7 Å². The normalized spacial score (nSPS) is 15.0. The molecule has 1 saturated heterocycles. The number of hydrogen-bond acceptors (Lipinski definition) is 6. The summed E-state index contributed by atoms with van der Waals surface area (Å²) in [5, 5.41) is 3.27. The highest BCUT2D eigenvalue weighted by Gasteiger charge is 2.37. The molecule has 0 unspecified atom stereocenters. The van der Waals surface area contributed by atoms with Gasteiger partial charge in [-0.05, 0) is 67.9 Å². The van der Waals surface area contributed by atoms with Gasteiger partial charge in [-0.3, -0.25) is 9.59 Å². The first kappa shape index (κ1) is 24.6. The Labute approximate surface area is 196 Å². The second kappa shape index (κ2) is 12.2. The van der Waals surface area contributed by atoms with E-state index in [9.17, 15) is 9.59 Å². The predicted molar refractivity (Wildman–Crippen MR) is 128 cm³/mol. The molecule has 3 rings (SSSR count). The van der Waals surface area contributed by atoms with Gasteiger partial charge in [0.2, 0.25) is 5.91 Å². The van der Waals surface area contributed by atoms with Crippen molar-refractivity contribution >= 4 is 17.7 Å². The first-order chi connectivity index (χ1) is 16.0. The molecule has 1 fully saturated rings. The summed E-state index contributed by atoms with van der Waals surface area (Å²) in [5.41, 5.74) is 0.984. The van der Waals surface area contributed by atoms with Gasteiger partial charge >= 0.3 is 5.97 Å². The summed E-state index contributed by atoms with van der Waals surface area (Å²) in [6.07, 6.45) is 5.40. The largest absolute Gasteiger partial charge is 0.494 e. The molecule has 2 aromatic rings. The van der Waals surface area contributed by atoms with Crippen molar-refractivity contribution in [2.24, 2.45) is 5.41 Å². The van der Waals surface area contributed by atoms with Crippen LogP contribution in [0.2, 0.25) is 0 Å². The number of likely N-dealkylation sites (tertiary alicyclic amines) is 1. The number of benzene rings is 1. The zero-order valence-electron chi connectivity index (χ0n) is 19.7. The smallest absolute Gasteiger partial charge is 0.306 e. The summed E-state index contributed by atoms with van der Waals surface area (Å²) in [4.78, 5) is 30.2. The standard InChI is InChI=1S/C26H35N3O4/c1-3-32-25(31)20-26(12-16-29(17-13-26)21(2)30)19-22-8-10-23(11-9-22)33-18-6-15-28-24-7-4-5-14-27-24/h4-5,7-11,14H,3,6,12-13,15-20H2,1-2H3,(H,27,28). The van der Waals surface area contributed by atoms with E-state index >= 15 is 0 Å². The van der Waals surface area contributed by atoms with E-state index in [1.54, 1.807) is 13.1 Å². The highest BCUT2D eigenvalue weighted by atomic mass is 16.5. The van der Waals surface area contributed by atoms with E-state index in [0.29, 0.717) is 32.7 Å². The molecule has 1 aromatic heterocycles. The predicted octanol–water partition coefficient (Wildman–Crippen LogP) is 4.09. The molecule has 0 atom stereocenters. The lowest BCUT2D eigenvalue weighted by Gasteiger charge is -2.41. The van der Waals surface area contributed by atoms with Crippen molar-refractivity contribution in [1.29, 1.82) is 0 Å². The van der Waals surface area contributed by atoms with Gasteiger partial charge in [0.1, 0.15) is 11.6 Å². The number of anilines is 1. The fraction of sp³-hybridized carbons (Fsp3) is 0.500. The van der Waals surface area contributed by atoms with Crippen LogP contribution < -0.4 is 10.1 Å². The van der Waals surface area contributed by atoms with Crippen molar-refractivity contribution in [3.63, 3.8) is 0 Å². The van der Waals surface area contributed by atoms with E-state index in [-0.39, 0.29) is 17.3 Å². The molecular formula is C26H35N3O4. The summed E-state index contributed by atoms with van der Waals surface area (Å²) >= 11 is 0. The maximum atomic E-state index is 12.3. The van der Waals surface area contributed by atoms with E-state index in [2.05, 4.69) is 22.4 Å². The first-order valence-corrected chi connectivity index (χ1v) is 11.8. The third kappa shape index (κ3) is 7.77. The van der Waals surface area contributed by atoms with Gasteiger partial charge in [-0.15, -0.1) is 0 Å². The summed E-state index contributed by atoms with van der Waals surface area (Å²) in [6, 6.07) is 13.9. The number of amides is 1. The Bertz CT molecular complexity index is 878. The summed E-state index contributed by atoms with van der Waals surface area (Å²) in [7, 11) is 0. The fourth-order valence-corrected chi connectivity index (χ4v) is 4.31. The lowest BCUT2D eigenvalue weighted by molar-refractivity contribution is -0.147. The molecule has 1 aliphatic heterocycles. The van der Waals surface area contributed by atoms with Crippen molar-refractivity contribution in [3.8, 4) is 5.75 Å². The lowest BCUT2D eigenvalue weighted by Crippen LogP contribution is -2.44. The number of pyridine rings is 1. The average molecular weight is 454 g/mol. The Hall–Kier alpha value is -3.09. The Morgan fingerprint density at radius 2 is 1.88 bits per heavy atom. The zero-order chi connectivity index (χ0) is 23.5. The third-order valence-corrected chi connectivity index (χ3v) is 6.16. The number of nitrogens with zero attached hydrogens (tertiary/aromatic N) is 2. The summed E-state index contributed by atoms with van der Waals surface area (Å²) in [5.74, 6) is 1.64. The minimum absolute atomic E-state index is 0.0940. The van der Waals surface area contributed by atoms with Gasteiger partial charge in [0.05, 0.1) is 19.6 Å². The molecule has 0 aliphatic carbocycles. The fourth-order valence-electron chi connectivity index (χ4n) is 4.31. The first-order valence-electron chi connectivity index (χ1n) is 11.8. The highest BCUT2D eigenvalue weighted by Crippen LogP contribution is 2.39. The number of ether oxygens (including phenoxy) is 2. The number of nitrogens with one attached hydrogen (secondary N) is 1. The number of hydrogen-bond donors (Lipinski definition) is 1. The molecule has 1 amide bonds. The number of aromatic nitrogens is 1.